The first-order chi connectivity index (χ1) is 10.5. The summed E-state index contributed by atoms with van der Waals surface area (Å²) in [7, 11) is 0. The fourth-order valence-corrected chi connectivity index (χ4v) is 2.62. The number of aryl methyl sites for hydroxylation is 3. The summed E-state index contributed by atoms with van der Waals surface area (Å²) in [6.07, 6.45) is 1.74. The number of carbonyl (C=O) groups excluding carboxylic acids is 2. The molecule has 0 aliphatic heterocycles. The number of thiazole rings is 1. The standard InChI is InChI=1S/C16H19N3O2S/c1-10-4-5-13(6-11(10)2)16(21)19-9-15(20)18-8-14-7-17-12(3)22-14/h4-7H,8-9H2,1-3H3,(H,18,20)(H,19,21). The smallest absolute Gasteiger partial charge is 0.251 e. The van der Waals surface area contributed by atoms with Gasteiger partial charge < -0.3 is 10.6 Å². The van der Waals surface area contributed by atoms with Gasteiger partial charge in [-0.25, -0.2) is 4.98 Å². The lowest BCUT2D eigenvalue weighted by Crippen LogP contribution is -2.36. The van der Waals surface area contributed by atoms with E-state index in [1.54, 1.807) is 23.6 Å². The number of benzene rings is 1. The summed E-state index contributed by atoms with van der Waals surface area (Å²) in [5.41, 5.74) is 2.75. The van der Waals surface area contributed by atoms with Crippen molar-refractivity contribution in [2.24, 2.45) is 0 Å². The molecule has 116 valence electrons. The van der Waals surface area contributed by atoms with E-state index in [2.05, 4.69) is 15.6 Å². The van der Waals surface area contributed by atoms with E-state index in [9.17, 15) is 9.59 Å². The van der Waals surface area contributed by atoms with Crippen LogP contribution < -0.4 is 10.6 Å². The quantitative estimate of drug-likeness (QED) is 0.887. The molecule has 0 saturated heterocycles. The van der Waals surface area contributed by atoms with Crippen molar-refractivity contribution in [3.8, 4) is 0 Å². The number of nitrogens with one attached hydrogen (secondary N) is 2. The lowest BCUT2D eigenvalue weighted by Gasteiger charge is -2.07. The number of rotatable bonds is 5. The van der Waals surface area contributed by atoms with Crippen molar-refractivity contribution in [2.45, 2.75) is 27.3 Å². The molecule has 2 rings (SSSR count). The molecule has 22 heavy (non-hydrogen) atoms. The zero-order valence-corrected chi connectivity index (χ0v) is 13.7. The summed E-state index contributed by atoms with van der Waals surface area (Å²) < 4.78 is 0. The Labute approximate surface area is 133 Å². The van der Waals surface area contributed by atoms with Crippen molar-refractivity contribution in [1.29, 1.82) is 0 Å². The second-order valence-corrected chi connectivity index (χ2v) is 6.42. The maximum absolute atomic E-state index is 12.0. The third-order valence-electron chi connectivity index (χ3n) is 3.31. The summed E-state index contributed by atoms with van der Waals surface area (Å²) in [6, 6.07) is 5.48. The molecule has 0 unspecified atom stereocenters. The van der Waals surface area contributed by atoms with Crippen molar-refractivity contribution in [3.05, 3.63) is 51.0 Å². The molecule has 0 bridgehead atoms. The molecule has 1 aromatic heterocycles. The molecule has 6 heteroatoms. The van der Waals surface area contributed by atoms with Crippen LogP contribution in [-0.4, -0.2) is 23.3 Å². The molecule has 0 fully saturated rings. The molecule has 0 saturated carbocycles. The van der Waals surface area contributed by atoms with Gasteiger partial charge in [0.1, 0.15) is 0 Å². The highest BCUT2D eigenvalue weighted by molar-refractivity contribution is 7.11. The Morgan fingerprint density at radius 2 is 1.91 bits per heavy atom. The number of hydrogen-bond acceptors (Lipinski definition) is 4. The molecule has 1 heterocycles. The fourth-order valence-electron chi connectivity index (χ4n) is 1.88. The first kappa shape index (κ1) is 16.2. The average Bonchev–Trinajstić information content (AvgIpc) is 2.91. The van der Waals surface area contributed by atoms with Crippen LogP contribution in [0.15, 0.2) is 24.4 Å². The molecule has 0 spiro atoms. The second-order valence-electron chi connectivity index (χ2n) is 5.10. The SMILES string of the molecule is Cc1ncc(CNC(=O)CNC(=O)c2ccc(C)c(C)c2)s1. The molecular weight excluding hydrogens is 298 g/mol. The van der Waals surface area contributed by atoms with Crippen LogP contribution in [0, 0.1) is 20.8 Å². The number of carbonyl (C=O) groups is 2. The normalized spacial score (nSPS) is 10.3. The molecule has 2 aromatic rings. The van der Waals surface area contributed by atoms with E-state index in [1.807, 2.05) is 32.9 Å². The monoisotopic (exact) mass is 317 g/mol. The van der Waals surface area contributed by atoms with Gasteiger partial charge in [0.05, 0.1) is 18.1 Å². The zero-order valence-electron chi connectivity index (χ0n) is 12.9. The van der Waals surface area contributed by atoms with E-state index in [-0.39, 0.29) is 18.4 Å². The van der Waals surface area contributed by atoms with Crippen LogP contribution in [0.3, 0.4) is 0 Å². The molecule has 2 N–H and O–H groups in total. The maximum Gasteiger partial charge on any atom is 0.251 e. The van der Waals surface area contributed by atoms with E-state index in [1.165, 1.54) is 0 Å². The summed E-state index contributed by atoms with van der Waals surface area (Å²) in [6.45, 7) is 6.26. The van der Waals surface area contributed by atoms with Gasteiger partial charge in [0.15, 0.2) is 0 Å². The average molecular weight is 317 g/mol. The van der Waals surface area contributed by atoms with Gasteiger partial charge in [0.25, 0.3) is 5.91 Å². The van der Waals surface area contributed by atoms with E-state index in [4.69, 9.17) is 0 Å². The van der Waals surface area contributed by atoms with Gasteiger partial charge >= 0.3 is 0 Å². The van der Waals surface area contributed by atoms with Gasteiger partial charge in [-0.05, 0) is 44.0 Å². The maximum atomic E-state index is 12.0. The predicted octanol–water partition coefficient (Wildman–Crippen LogP) is 2.11. The van der Waals surface area contributed by atoms with Crippen molar-refractivity contribution < 1.29 is 9.59 Å². The molecule has 1 aromatic carbocycles. The van der Waals surface area contributed by atoms with Gasteiger partial charge in [-0.2, -0.15) is 0 Å². The van der Waals surface area contributed by atoms with Crippen LogP contribution in [-0.2, 0) is 11.3 Å². The Morgan fingerprint density at radius 3 is 2.55 bits per heavy atom. The first-order valence-electron chi connectivity index (χ1n) is 6.99. The number of nitrogens with zero attached hydrogens (tertiary/aromatic N) is 1. The molecule has 2 amide bonds. The van der Waals surface area contributed by atoms with Gasteiger partial charge in [0.2, 0.25) is 5.91 Å². The van der Waals surface area contributed by atoms with Crippen molar-refractivity contribution in [1.82, 2.24) is 15.6 Å². The highest BCUT2D eigenvalue weighted by Gasteiger charge is 2.09. The van der Waals surface area contributed by atoms with Crippen LogP contribution in [0.1, 0.15) is 31.4 Å². The van der Waals surface area contributed by atoms with Crippen LogP contribution in [0.5, 0.6) is 0 Å². The van der Waals surface area contributed by atoms with Crippen LogP contribution >= 0.6 is 11.3 Å². The number of hydrogen-bond donors (Lipinski definition) is 2. The largest absolute Gasteiger partial charge is 0.350 e. The second kappa shape index (κ2) is 7.17. The van der Waals surface area contributed by atoms with E-state index >= 15 is 0 Å². The lowest BCUT2D eigenvalue weighted by atomic mass is 10.1. The highest BCUT2D eigenvalue weighted by atomic mass is 32.1. The Bertz CT molecular complexity index is 694. The van der Waals surface area contributed by atoms with Gasteiger partial charge in [-0.15, -0.1) is 11.3 Å². The molecule has 0 radical (unpaired) electrons. The van der Waals surface area contributed by atoms with E-state index < -0.39 is 0 Å². The fraction of sp³-hybridized carbons (Fsp3) is 0.312. The third kappa shape index (κ3) is 4.39. The summed E-state index contributed by atoms with van der Waals surface area (Å²) >= 11 is 1.54. The topological polar surface area (TPSA) is 71.1 Å². The van der Waals surface area contributed by atoms with Gasteiger partial charge in [-0.1, -0.05) is 6.07 Å². The highest BCUT2D eigenvalue weighted by Crippen LogP contribution is 2.11. The van der Waals surface area contributed by atoms with E-state index in [0.717, 1.165) is 21.0 Å². The van der Waals surface area contributed by atoms with Crippen LogP contribution in [0.25, 0.3) is 0 Å². The lowest BCUT2D eigenvalue weighted by molar-refractivity contribution is -0.120. The van der Waals surface area contributed by atoms with Gasteiger partial charge in [-0.3, -0.25) is 9.59 Å². The Hall–Kier alpha value is -2.21. The minimum Gasteiger partial charge on any atom is -0.350 e. The van der Waals surface area contributed by atoms with Crippen molar-refractivity contribution in [2.75, 3.05) is 6.54 Å². The van der Waals surface area contributed by atoms with Gasteiger partial charge in [0, 0.05) is 16.6 Å². The Balaban J connectivity index is 1.80. The third-order valence-corrected chi connectivity index (χ3v) is 4.22. The molecule has 5 nitrogen and oxygen atoms in total. The first-order valence-corrected chi connectivity index (χ1v) is 7.81. The van der Waals surface area contributed by atoms with E-state index in [0.29, 0.717) is 12.1 Å². The van der Waals surface area contributed by atoms with Crippen molar-refractivity contribution in [3.63, 3.8) is 0 Å². The minimum absolute atomic E-state index is 0.0382. The minimum atomic E-state index is -0.244. The van der Waals surface area contributed by atoms with Crippen LogP contribution in [0.2, 0.25) is 0 Å². The summed E-state index contributed by atoms with van der Waals surface area (Å²) in [4.78, 5) is 28.8. The Kier molecular flexibility index (Phi) is 5.27. The molecule has 0 atom stereocenters. The predicted molar refractivity (Wildman–Crippen MR) is 86.9 cm³/mol. The number of amides is 2. The van der Waals surface area contributed by atoms with Crippen LogP contribution in [0.4, 0.5) is 0 Å². The molecule has 0 aliphatic carbocycles. The Morgan fingerprint density at radius 1 is 1.14 bits per heavy atom. The molecule has 0 aliphatic rings. The number of aromatic nitrogens is 1. The summed E-state index contributed by atoms with van der Waals surface area (Å²) in [5, 5.41) is 6.35. The molecular formula is C16H19N3O2S. The van der Waals surface area contributed by atoms with Crippen molar-refractivity contribution >= 4 is 23.2 Å². The zero-order chi connectivity index (χ0) is 16.1. The summed E-state index contributed by atoms with van der Waals surface area (Å²) in [5.74, 6) is -0.463.